The second kappa shape index (κ2) is 7.08. The van der Waals surface area contributed by atoms with Gasteiger partial charge in [0.15, 0.2) is 0 Å². The van der Waals surface area contributed by atoms with Crippen LogP contribution in [0.25, 0.3) is 0 Å². The van der Waals surface area contributed by atoms with Gasteiger partial charge < -0.3 is 5.32 Å². The zero-order valence-corrected chi connectivity index (χ0v) is 14.6. The molecule has 2 bridgehead atoms. The Labute approximate surface area is 145 Å². The normalized spacial score (nSPS) is 27.5. The molecule has 126 valence electrons. The van der Waals surface area contributed by atoms with Gasteiger partial charge in [0, 0.05) is 31.2 Å². The molecule has 2 aliphatic rings. The van der Waals surface area contributed by atoms with Crippen LogP contribution in [0.5, 0.6) is 0 Å². The van der Waals surface area contributed by atoms with E-state index in [-0.39, 0.29) is 0 Å². The molecule has 0 amide bonds. The maximum atomic E-state index is 3.72. The molecule has 2 aromatic rings. The van der Waals surface area contributed by atoms with Crippen LogP contribution in [0.1, 0.15) is 43.4 Å². The molecular formula is C22H28N2. The Bertz CT molecular complexity index is 640. The maximum Gasteiger partial charge on any atom is 0.0326 e. The Kier molecular flexibility index (Phi) is 4.68. The van der Waals surface area contributed by atoms with E-state index in [1.165, 1.54) is 30.4 Å². The Balaban J connectivity index is 1.43. The Morgan fingerprint density at radius 1 is 1.00 bits per heavy atom. The van der Waals surface area contributed by atoms with Crippen molar-refractivity contribution in [2.45, 2.75) is 50.9 Å². The molecule has 4 atom stereocenters. The van der Waals surface area contributed by atoms with Crippen molar-refractivity contribution >= 4 is 0 Å². The van der Waals surface area contributed by atoms with E-state index in [4.69, 9.17) is 0 Å². The Morgan fingerprint density at radius 2 is 1.71 bits per heavy atom. The van der Waals surface area contributed by atoms with Crippen LogP contribution in [0.4, 0.5) is 0 Å². The smallest absolute Gasteiger partial charge is 0.0326 e. The molecule has 0 aromatic heterocycles. The van der Waals surface area contributed by atoms with Gasteiger partial charge in [-0.25, -0.2) is 0 Å². The number of hydrogen-bond acceptors (Lipinski definition) is 2. The van der Waals surface area contributed by atoms with Gasteiger partial charge >= 0.3 is 0 Å². The summed E-state index contributed by atoms with van der Waals surface area (Å²) in [4.78, 5) is 2.81. The molecule has 2 aromatic carbocycles. The van der Waals surface area contributed by atoms with E-state index in [0.29, 0.717) is 12.1 Å². The van der Waals surface area contributed by atoms with Gasteiger partial charge in [-0.2, -0.15) is 0 Å². The summed E-state index contributed by atoms with van der Waals surface area (Å²) >= 11 is 0. The van der Waals surface area contributed by atoms with Crippen molar-refractivity contribution in [2.24, 2.45) is 5.92 Å². The molecule has 1 aliphatic heterocycles. The third-order valence-electron chi connectivity index (χ3n) is 6.05. The van der Waals surface area contributed by atoms with Crippen LogP contribution in [0.15, 0.2) is 60.7 Å². The van der Waals surface area contributed by atoms with E-state index < -0.39 is 0 Å². The van der Waals surface area contributed by atoms with Crippen LogP contribution >= 0.6 is 0 Å². The summed E-state index contributed by atoms with van der Waals surface area (Å²) in [6, 6.07) is 23.8. The number of fused-ring (bicyclic) bond motifs is 2. The van der Waals surface area contributed by atoms with E-state index >= 15 is 0 Å². The summed E-state index contributed by atoms with van der Waals surface area (Å²) in [6.07, 6.45) is 4.20. The van der Waals surface area contributed by atoms with Gasteiger partial charge in [-0.15, -0.1) is 0 Å². The van der Waals surface area contributed by atoms with Crippen LogP contribution in [-0.2, 0) is 6.54 Å². The van der Waals surface area contributed by atoms with Gasteiger partial charge in [-0.1, -0.05) is 60.7 Å². The molecule has 2 heteroatoms. The van der Waals surface area contributed by atoms with Gasteiger partial charge in [0.2, 0.25) is 0 Å². The van der Waals surface area contributed by atoms with Crippen molar-refractivity contribution in [2.75, 3.05) is 6.54 Å². The largest absolute Gasteiger partial charge is 0.311 e. The zero-order chi connectivity index (χ0) is 16.4. The first-order chi connectivity index (χ1) is 11.8. The monoisotopic (exact) mass is 320 g/mol. The lowest BCUT2D eigenvalue weighted by Gasteiger charge is -2.40. The zero-order valence-electron chi connectivity index (χ0n) is 14.6. The molecule has 1 N–H and O–H groups in total. The Hall–Kier alpha value is -1.64. The number of nitrogens with one attached hydrogen (secondary N) is 1. The number of likely N-dealkylation sites (tertiary alicyclic amines) is 1. The first-order valence-electron chi connectivity index (χ1n) is 9.40. The highest BCUT2D eigenvalue weighted by atomic mass is 15.3. The van der Waals surface area contributed by atoms with Crippen LogP contribution in [0.3, 0.4) is 0 Å². The number of nitrogens with zero attached hydrogens (tertiary/aromatic N) is 1. The standard InChI is InChI=1S/C22H28N2/c1-17(19-10-6-3-7-11-19)24-21-13-12-20(14-21)22(24)16-23-15-18-8-4-2-5-9-18/h2-11,17,20-23H,12-16H2,1H3/t17-,20+,21-,22-/m0/s1. The van der Waals surface area contributed by atoms with E-state index in [0.717, 1.165) is 25.0 Å². The van der Waals surface area contributed by atoms with Crippen LogP contribution < -0.4 is 5.32 Å². The lowest BCUT2D eigenvalue weighted by atomic mass is 9.95. The summed E-state index contributed by atoms with van der Waals surface area (Å²) in [7, 11) is 0. The minimum absolute atomic E-state index is 0.519. The van der Waals surface area contributed by atoms with Crippen LogP contribution in [0, 0.1) is 5.92 Å². The quantitative estimate of drug-likeness (QED) is 0.849. The molecule has 2 fully saturated rings. The van der Waals surface area contributed by atoms with E-state index in [9.17, 15) is 0 Å². The van der Waals surface area contributed by atoms with Crippen LogP contribution in [-0.4, -0.2) is 23.5 Å². The number of hydrogen-bond donors (Lipinski definition) is 1. The lowest BCUT2D eigenvalue weighted by molar-refractivity contribution is 0.0926. The molecule has 1 saturated heterocycles. The third kappa shape index (κ3) is 3.13. The van der Waals surface area contributed by atoms with Crippen molar-refractivity contribution in [1.29, 1.82) is 0 Å². The summed E-state index contributed by atoms with van der Waals surface area (Å²) in [6.45, 7) is 4.47. The predicted molar refractivity (Wildman–Crippen MR) is 99.8 cm³/mol. The molecule has 1 saturated carbocycles. The second-order valence-electron chi connectivity index (χ2n) is 7.44. The van der Waals surface area contributed by atoms with Gasteiger partial charge in [-0.05, 0) is 43.2 Å². The second-order valence-corrected chi connectivity index (χ2v) is 7.44. The van der Waals surface area contributed by atoms with Crippen molar-refractivity contribution in [1.82, 2.24) is 10.2 Å². The highest BCUT2D eigenvalue weighted by Gasteiger charge is 2.47. The van der Waals surface area contributed by atoms with Crippen LogP contribution in [0.2, 0.25) is 0 Å². The molecule has 1 aliphatic carbocycles. The van der Waals surface area contributed by atoms with E-state index in [2.05, 4.69) is 77.8 Å². The molecule has 0 radical (unpaired) electrons. The number of rotatable bonds is 6. The van der Waals surface area contributed by atoms with Gasteiger partial charge in [0.25, 0.3) is 0 Å². The Morgan fingerprint density at radius 3 is 2.46 bits per heavy atom. The topological polar surface area (TPSA) is 15.3 Å². The summed E-state index contributed by atoms with van der Waals surface area (Å²) < 4.78 is 0. The van der Waals surface area contributed by atoms with Gasteiger partial charge in [0.1, 0.15) is 0 Å². The molecule has 0 spiro atoms. The fourth-order valence-corrected chi connectivity index (χ4v) is 4.87. The predicted octanol–water partition coefficient (Wildman–Crippen LogP) is 4.39. The minimum Gasteiger partial charge on any atom is -0.311 e. The average Bonchev–Trinajstić information content (AvgIpc) is 3.24. The summed E-state index contributed by atoms with van der Waals surface area (Å²) in [5.74, 6) is 0.879. The maximum absolute atomic E-state index is 3.72. The molecule has 4 rings (SSSR count). The fourth-order valence-electron chi connectivity index (χ4n) is 4.87. The van der Waals surface area contributed by atoms with Crippen molar-refractivity contribution < 1.29 is 0 Å². The first-order valence-corrected chi connectivity index (χ1v) is 9.40. The highest BCUT2D eigenvalue weighted by molar-refractivity contribution is 5.20. The molecule has 2 nitrogen and oxygen atoms in total. The average molecular weight is 320 g/mol. The van der Waals surface area contributed by atoms with Crippen molar-refractivity contribution in [3.05, 3.63) is 71.8 Å². The molecule has 1 heterocycles. The third-order valence-corrected chi connectivity index (χ3v) is 6.05. The van der Waals surface area contributed by atoms with E-state index in [1.54, 1.807) is 0 Å². The van der Waals surface area contributed by atoms with Crippen molar-refractivity contribution in [3.8, 4) is 0 Å². The van der Waals surface area contributed by atoms with Gasteiger partial charge in [-0.3, -0.25) is 4.90 Å². The summed E-state index contributed by atoms with van der Waals surface area (Å²) in [5.41, 5.74) is 2.83. The molecular weight excluding hydrogens is 292 g/mol. The number of benzene rings is 2. The first kappa shape index (κ1) is 15.9. The fraction of sp³-hybridized carbons (Fsp3) is 0.455. The molecule has 24 heavy (non-hydrogen) atoms. The van der Waals surface area contributed by atoms with E-state index in [1.807, 2.05) is 0 Å². The number of piperidine rings is 1. The lowest BCUT2D eigenvalue weighted by Crippen LogP contribution is -2.47. The van der Waals surface area contributed by atoms with Crippen molar-refractivity contribution in [3.63, 3.8) is 0 Å². The highest BCUT2D eigenvalue weighted by Crippen LogP contribution is 2.46. The SMILES string of the molecule is C[C@@H](c1ccccc1)N1[C@H]2CC[C@H](C2)[C@@H]1CNCc1ccccc1. The summed E-state index contributed by atoms with van der Waals surface area (Å²) in [5, 5.41) is 3.72. The minimum atomic E-state index is 0.519. The molecule has 0 unspecified atom stereocenters. The van der Waals surface area contributed by atoms with Gasteiger partial charge in [0.05, 0.1) is 0 Å².